The Morgan fingerprint density at radius 3 is 2.40 bits per heavy atom. The first-order valence-corrected chi connectivity index (χ1v) is 6.94. The maximum Gasteiger partial charge on any atom is 0.0595 e. The Hall–Kier alpha value is 0.280. The van der Waals surface area contributed by atoms with Gasteiger partial charge in [0.05, 0.1) is 10.0 Å². The minimum absolute atomic E-state index is 0.426. The lowest BCUT2D eigenvalue weighted by Crippen LogP contribution is -2.02. The van der Waals surface area contributed by atoms with Crippen LogP contribution in [-0.4, -0.2) is 0 Å². The molecule has 0 amide bonds. The van der Waals surface area contributed by atoms with Gasteiger partial charge in [0.25, 0.3) is 0 Å². The lowest BCUT2D eigenvalue weighted by Gasteiger charge is -2.17. The van der Waals surface area contributed by atoms with Crippen molar-refractivity contribution in [3.63, 3.8) is 0 Å². The molecule has 1 unspecified atom stereocenters. The molecule has 0 N–H and O–H groups in total. The molecule has 0 aliphatic heterocycles. The summed E-state index contributed by atoms with van der Waals surface area (Å²) in [5.74, 6) is 0.752. The van der Waals surface area contributed by atoms with Crippen molar-refractivity contribution in [2.75, 3.05) is 0 Å². The molecule has 3 heteroatoms. The monoisotopic (exact) mass is 306 g/mol. The van der Waals surface area contributed by atoms with Gasteiger partial charge in [0, 0.05) is 4.83 Å². The van der Waals surface area contributed by atoms with E-state index >= 15 is 0 Å². The zero-order valence-corrected chi connectivity index (χ0v) is 11.4. The van der Waals surface area contributed by atoms with E-state index in [9.17, 15) is 0 Å². The number of rotatable bonds is 2. The van der Waals surface area contributed by atoms with E-state index in [1.54, 1.807) is 0 Å². The number of alkyl halides is 1. The summed E-state index contributed by atoms with van der Waals surface area (Å²) in [6.07, 6.45) is 5.34. The molecule has 82 valence electrons. The molecule has 1 aliphatic rings. The highest BCUT2D eigenvalue weighted by Crippen LogP contribution is 2.42. The third-order valence-electron chi connectivity index (χ3n) is 3.08. The maximum absolute atomic E-state index is 6.01. The van der Waals surface area contributed by atoms with E-state index in [-0.39, 0.29) is 0 Å². The third kappa shape index (κ3) is 2.69. The standard InChI is InChI=1S/C12H13BrCl2/c13-12(8-3-1-2-4-8)9-5-6-10(14)11(15)7-9/h5-8,12H,1-4H2. The molecular weight excluding hydrogens is 295 g/mol. The van der Waals surface area contributed by atoms with Crippen LogP contribution < -0.4 is 0 Å². The van der Waals surface area contributed by atoms with Crippen LogP contribution in [0.4, 0.5) is 0 Å². The summed E-state index contributed by atoms with van der Waals surface area (Å²) < 4.78 is 0. The summed E-state index contributed by atoms with van der Waals surface area (Å²) in [7, 11) is 0. The van der Waals surface area contributed by atoms with E-state index in [1.807, 2.05) is 12.1 Å². The Kier molecular flexibility index (Phi) is 3.98. The lowest BCUT2D eigenvalue weighted by molar-refractivity contribution is 0.542. The number of hydrogen-bond acceptors (Lipinski definition) is 0. The van der Waals surface area contributed by atoms with Crippen LogP contribution in [0.15, 0.2) is 18.2 Å². The van der Waals surface area contributed by atoms with Gasteiger partial charge in [0.2, 0.25) is 0 Å². The lowest BCUT2D eigenvalue weighted by atomic mass is 9.98. The molecule has 1 saturated carbocycles. The van der Waals surface area contributed by atoms with Gasteiger partial charge in [0.15, 0.2) is 0 Å². The smallest absolute Gasteiger partial charge is 0.0595 e. The van der Waals surface area contributed by atoms with Crippen molar-refractivity contribution in [3.8, 4) is 0 Å². The SMILES string of the molecule is Clc1ccc(C(Br)C2CCCC2)cc1Cl. The van der Waals surface area contributed by atoms with E-state index in [2.05, 4.69) is 22.0 Å². The van der Waals surface area contributed by atoms with E-state index in [0.717, 1.165) is 5.92 Å². The van der Waals surface area contributed by atoms with Gasteiger partial charge in [0.1, 0.15) is 0 Å². The van der Waals surface area contributed by atoms with Crippen LogP contribution in [0.2, 0.25) is 10.0 Å². The first kappa shape index (κ1) is 11.8. The van der Waals surface area contributed by atoms with E-state index < -0.39 is 0 Å². The van der Waals surface area contributed by atoms with Crippen molar-refractivity contribution in [1.29, 1.82) is 0 Å². The second-order valence-electron chi connectivity index (χ2n) is 4.12. The quantitative estimate of drug-likeness (QED) is 0.622. The number of hydrogen-bond donors (Lipinski definition) is 0. The summed E-state index contributed by atoms with van der Waals surface area (Å²) in [4.78, 5) is 0.426. The summed E-state index contributed by atoms with van der Waals surface area (Å²) in [6.45, 7) is 0. The highest BCUT2D eigenvalue weighted by atomic mass is 79.9. The second kappa shape index (κ2) is 5.07. The van der Waals surface area contributed by atoms with Crippen molar-refractivity contribution >= 4 is 39.1 Å². The molecule has 0 spiro atoms. The average Bonchev–Trinajstić information content (AvgIpc) is 2.74. The Labute approximate surface area is 109 Å². The molecule has 0 radical (unpaired) electrons. The number of halogens is 3. The third-order valence-corrected chi connectivity index (χ3v) is 5.09. The Morgan fingerprint density at radius 2 is 1.80 bits per heavy atom. The fourth-order valence-corrected chi connectivity index (χ4v) is 3.33. The van der Waals surface area contributed by atoms with E-state index in [4.69, 9.17) is 23.2 Å². The number of benzene rings is 1. The summed E-state index contributed by atoms with van der Waals surface area (Å²) in [5.41, 5.74) is 1.25. The Bertz CT molecular complexity index is 345. The molecule has 2 rings (SSSR count). The van der Waals surface area contributed by atoms with Crippen LogP contribution in [-0.2, 0) is 0 Å². The van der Waals surface area contributed by atoms with Gasteiger partial charge in [-0.3, -0.25) is 0 Å². The van der Waals surface area contributed by atoms with Crippen LogP contribution >= 0.6 is 39.1 Å². The van der Waals surface area contributed by atoms with Gasteiger partial charge >= 0.3 is 0 Å². The molecular formula is C12H13BrCl2. The highest BCUT2D eigenvalue weighted by Gasteiger charge is 2.24. The minimum atomic E-state index is 0.426. The molecule has 0 nitrogen and oxygen atoms in total. The molecule has 1 aromatic rings. The fourth-order valence-electron chi connectivity index (χ4n) is 2.21. The van der Waals surface area contributed by atoms with Gasteiger partial charge in [-0.2, -0.15) is 0 Å². The molecule has 0 heterocycles. The predicted octanol–water partition coefficient (Wildman–Crippen LogP) is 5.62. The molecule has 1 aliphatic carbocycles. The molecule has 0 saturated heterocycles. The van der Waals surface area contributed by atoms with Gasteiger partial charge in [-0.1, -0.05) is 58.0 Å². The van der Waals surface area contributed by atoms with Gasteiger partial charge in [-0.15, -0.1) is 0 Å². The first-order chi connectivity index (χ1) is 7.18. The van der Waals surface area contributed by atoms with Crippen molar-refractivity contribution in [2.24, 2.45) is 5.92 Å². The highest BCUT2D eigenvalue weighted by molar-refractivity contribution is 9.09. The van der Waals surface area contributed by atoms with Crippen LogP contribution in [0.3, 0.4) is 0 Å². The molecule has 0 aromatic heterocycles. The molecule has 1 aromatic carbocycles. The average molecular weight is 308 g/mol. The molecule has 1 fully saturated rings. The van der Waals surface area contributed by atoms with Crippen molar-refractivity contribution < 1.29 is 0 Å². The van der Waals surface area contributed by atoms with Crippen LogP contribution in [0.5, 0.6) is 0 Å². The van der Waals surface area contributed by atoms with Crippen LogP contribution in [0.1, 0.15) is 36.1 Å². The van der Waals surface area contributed by atoms with Crippen molar-refractivity contribution in [2.45, 2.75) is 30.5 Å². The summed E-state index contributed by atoms with van der Waals surface area (Å²) in [6, 6.07) is 5.91. The molecule has 1 atom stereocenters. The second-order valence-corrected chi connectivity index (χ2v) is 5.92. The zero-order chi connectivity index (χ0) is 10.8. The largest absolute Gasteiger partial charge is 0.0836 e. The van der Waals surface area contributed by atoms with Crippen molar-refractivity contribution in [3.05, 3.63) is 33.8 Å². The normalized spacial score (nSPS) is 19.4. The van der Waals surface area contributed by atoms with E-state index in [0.29, 0.717) is 14.9 Å². The maximum atomic E-state index is 6.01. The van der Waals surface area contributed by atoms with Crippen LogP contribution in [0, 0.1) is 5.92 Å². The van der Waals surface area contributed by atoms with Gasteiger partial charge in [-0.05, 0) is 36.5 Å². The Morgan fingerprint density at radius 1 is 1.13 bits per heavy atom. The first-order valence-electron chi connectivity index (χ1n) is 5.27. The van der Waals surface area contributed by atoms with Crippen molar-refractivity contribution in [1.82, 2.24) is 0 Å². The van der Waals surface area contributed by atoms with Crippen LogP contribution in [0.25, 0.3) is 0 Å². The molecule has 0 bridgehead atoms. The predicted molar refractivity (Wildman–Crippen MR) is 70.1 cm³/mol. The minimum Gasteiger partial charge on any atom is -0.0836 e. The van der Waals surface area contributed by atoms with Gasteiger partial charge in [-0.25, -0.2) is 0 Å². The summed E-state index contributed by atoms with van der Waals surface area (Å²) in [5, 5.41) is 1.28. The van der Waals surface area contributed by atoms with E-state index in [1.165, 1.54) is 31.2 Å². The molecule has 15 heavy (non-hydrogen) atoms. The fraction of sp³-hybridized carbons (Fsp3) is 0.500. The zero-order valence-electron chi connectivity index (χ0n) is 8.35. The summed E-state index contributed by atoms with van der Waals surface area (Å²) >= 11 is 15.7. The Balaban J connectivity index is 2.17. The topological polar surface area (TPSA) is 0 Å². The van der Waals surface area contributed by atoms with Gasteiger partial charge < -0.3 is 0 Å².